The van der Waals surface area contributed by atoms with Crippen molar-refractivity contribution in [3.05, 3.63) is 74.4 Å². The Morgan fingerprint density at radius 2 is 1.81 bits per heavy atom. The number of nitro benzene ring substituents is 1. The molecule has 1 aromatic carbocycles. The van der Waals surface area contributed by atoms with Gasteiger partial charge in [-0.15, -0.1) is 0 Å². The molecule has 110 valence electrons. The Balaban J connectivity index is 2.75. The molecule has 21 heavy (non-hydrogen) atoms. The van der Waals surface area contributed by atoms with Gasteiger partial charge in [-0.25, -0.2) is 0 Å². The summed E-state index contributed by atoms with van der Waals surface area (Å²) in [6.45, 7) is 3.69. The maximum Gasteiger partial charge on any atom is 0.273 e. The lowest BCUT2D eigenvalue weighted by atomic mass is 9.64. The smallest absolute Gasteiger partial charge is 0.264 e. The molecule has 1 aromatic rings. The molecule has 0 radical (unpaired) electrons. The van der Waals surface area contributed by atoms with Crippen molar-refractivity contribution >= 4 is 5.69 Å². The van der Waals surface area contributed by atoms with Crippen LogP contribution in [-0.4, -0.2) is 15.9 Å². The predicted octanol–water partition coefficient (Wildman–Crippen LogP) is 3.26. The van der Waals surface area contributed by atoms with Crippen molar-refractivity contribution in [1.82, 2.24) is 0 Å². The Hall–Kier alpha value is -2.50. The molecule has 0 amide bonds. The number of para-hydroxylation sites is 1. The number of benzene rings is 1. The summed E-state index contributed by atoms with van der Waals surface area (Å²) in [5.74, 6) is -0.171. The van der Waals surface area contributed by atoms with E-state index in [9.17, 15) is 20.2 Å². The van der Waals surface area contributed by atoms with E-state index in [1.165, 1.54) is 12.1 Å². The number of hydrogen-bond donors (Lipinski definition) is 0. The van der Waals surface area contributed by atoms with E-state index in [1.807, 2.05) is 13.8 Å². The first-order chi connectivity index (χ1) is 9.91. The van der Waals surface area contributed by atoms with Gasteiger partial charge < -0.3 is 0 Å². The van der Waals surface area contributed by atoms with E-state index in [-0.39, 0.29) is 16.5 Å². The lowest BCUT2D eigenvalue weighted by Crippen LogP contribution is -2.47. The van der Waals surface area contributed by atoms with Gasteiger partial charge in [0.1, 0.15) is 0 Å². The van der Waals surface area contributed by atoms with Gasteiger partial charge in [0, 0.05) is 16.6 Å². The Morgan fingerprint density at radius 3 is 2.38 bits per heavy atom. The van der Waals surface area contributed by atoms with Crippen molar-refractivity contribution in [2.45, 2.75) is 25.3 Å². The maximum atomic E-state index is 11.5. The van der Waals surface area contributed by atoms with E-state index in [1.54, 1.807) is 36.4 Å². The molecule has 0 fully saturated rings. The van der Waals surface area contributed by atoms with Crippen LogP contribution in [0.25, 0.3) is 0 Å². The van der Waals surface area contributed by atoms with Gasteiger partial charge in [0.25, 0.3) is 5.69 Å². The van der Waals surface area contributed by atoms with Crippen molar-refractivity contribution < 1.29 is 9.85 Å². The first-order valence-electron chi connectivity index (χ1n) is 6.64. The van der Waals surface area contributed by atoms with Gasteiger partial charge in [0.2, 0.25) is 6.04 Å². The summed E-state index contributed by atoms with van der Waals surface area (Å²) in [7, 11) is 0. The molecule has 0 spiro atoms. The van der Waals surface area contributed by atoms with Gasteiger partial charge in [-0.1, -0.05) is 50.3 Å². The molecule has 2 atom stereocenters. The van der Waals surface area contributed by atoms with Crippen molar-refractivity contribution in [3.63, 3.8) is 0 Å². The second-order valence-corrected chi connectivity index (χ2v) is 5.34. The molecular formula is C15H16N2O4. The Kier molecular flexibility index (Phi) is 3.88. The van der Waals surface area contributed by atoms with E-state index in [0.29, 0.717) is 5.56 Å². The van der Waals surface area contributed by atoms with Crippen molar-refractivity contribution in [2.75, 3.05) is 0 Å². The van der Waals surface area contributed by atoms with E-state index >= 15 is 0 Å². The molecule has 0 heterocycles. The lowest BCUT2D eigenvalue weighted by molar-refractivity contribution is -0.521. The summed E-state index contributed by atoms with van der Waals surface area (Å²) in [5, 5.41) is 22.8. The first kappa shape index (κ1) is 14.9. The molecule has 0 saturated heterocycles. The molecular weight excluding hydrogens is 272 g/mol. The fourth-order valence-electron chi connectivity index (χ4n) is 2.98. The van der Waals surface area contributed by atoms with Crippen molar-refractivity contribution in [3.8, 4) is 0 Å². The first-order valence-corrected chi connectivity index (χ1v) is 6.64. The van der Waals surface area contributed by atoms with Gasteiger partial charge in [0.05, 0.1) is 10.3 Å². The van der Waals surface area contributed by atoms with Crippen molar-refractivity contribution in [1.29, 1.82) is 0 Å². The zero-order valence-corrected chi connectivity index (χ0v) is 11.8. The van der Waals surface area contributed by atoms with Gasteiger partial charge in [-0.3, -0.25) is 20.2 Å². The summed E-state index contributed by atoms with van der Waals surface area (Å²) >= 11 is 0. The lowest BCUT2D eigenvalue weighted by Gasteiger charge is -2.36. The predicted molar refractivity (Wildman–Crippen MR) is 78.7 cm³/mol. The summed E-state index contributed by atoms with van der Waals surface area (Å²) < 4.78 is 0. The molecule has 6 heteroatoms. The van der Waals surface area contributed by atoms with Crippen LogP contribution < -0.4 is 0 Å². The molecule has 1 aliphatic rings. The third-order valence-electron chi connectivity index (χ3n) is 4.02. The highest BCUT2D eigenvalue weighted by Crippen LogP contribution is 2.44. The van der Waals surface area contributed by atoms with Gasteiger partial charge in [-0.2, -0.15) is 0 Å². The van der Waals surface area contributed by atoms with E-state index in [2.05, 4.69) is 0 Å². The SMILES string of the molecule is CC(C)C1(c2ccccc2[N+](=O)[O-])C=CC=CC1[N+](=O)[O-]. The summed E-state index contributed by atoms with van der Waals surface area (Å²) in [5.41, 5.74) is -0.729. The van der Waals surface area contributed by atoms with Crippen LogP contribution in [0.4, 0.5) is 5.69 Å². The highest BCUT2D eigenvalue weighted by atomic mass is 16.6. The molecule has 0 bridgehead atoms. The van der Waals surface area contributed by atoms with Crippen LogP contribution in [0.3, 0.4) is 0 Å². The third-order valence-corrected chi connectivity index (χ3v) is 4.02. The summed E-state index contributed by atoms with van der Waals surface area (Å²) in [6, 6.07) is 5.22. The molecule has 1 aliphatic carbocycles. The van der Waals surface area contributed by atoms with E-state index < -0.39 is 16.4 Å². The second-order valence-electron chi connectivity index (χ2n) is 5.34. The van der Waals surface area contributed by atoms with Crippen molar-refractivity contribution in [2.24, 2.45) is 5.92 Å². The summed E-state index contributed by atoms with van der Waals surface area (Å²) in [4.78, 5) is 21.9. The highest BCUT2D eigenvalue weighted by Gasteiger charge is 2.51. The van der Waals surface area contributed by atoms with Crippen LogP contribution in [0.15, 0.2) is 48.6 Å². The van der Waals surface area contributed by atoms with Crippen LogP contribution in [-0.2, 0) is 5.41 Å². The van der Waals surface area contributed by atoms with Crippen LogP contribution in [0.1, 0.15) is 19.4 Å². The molecule has 0 N–H and O–H groups in total. The van der Waals surface area contributed by atoms with Crippen LogP contribution in [0.2, 0.25) is 0 Å². The summed E-state index contributed by atoms with van der Waals surface area (Å²) in [6.07, 6.45) is 6.55. The normalized spacial score (nSPS) is 24.2. The minimum Gasteiger partial charge on any atom is -0.264 e. The number of hydrogen-bond acceptors (Lipinski definition) is 4. The van der Waals surface area contributed by atoms with Crippen LogP contribution >= 0.6 is 0 Å². The van der Waals surface area contributed by atoms with Gasteiger partial charge >= 0.3 is 0 Å². The minimum absolute atomic E-state index is 0.0852. The van der Waals surface area contributed by atoms with Crippen LogP contribution in [0, 0.1) is 26.1 Å². The maximum absolute atomic E-state index is 11.5. The van der Waals surface area contributed by atoms with E-state index in [4.69, 9.17) is 0 Å². The second kappa shape index (κ2) is 5.47. The highest BCUT2D eigenvalue weighted by molar-refractivity contribution is 5.51. The average molecular weight is 288 g/mol. The molecule has 2 rings (SSSR count). The molecule has 0 aliphatic heterocycles. The molecule has 2 unspecified atom stereocenters. The zero-order chi connectivity index (χ0) is 15.6. The fourth-order valence-corrected chi connectivity index (χ4v) is 2.98. The number of nitrogens with zero attached hydrogens (tertiary/aromatic N) is 2. The third kappa shape index (κ3) is 2.33. The van der Waals surface area contributed by atoms with E-state index in [0.717, 1.165) is 0 Å². The standard InChI is InChI=1S/C15H16N2O4/c1-11(2)15(10-6-5-9-14(15)17(20)21)12-7-3-4-8-13(12)16(18)19/h3-11,14H,1-2H3. The quantitative estimate of drug-likeness (QED) is 0.628. The van der Waals surface area contributed by atoms with Crippen LogP contribution in [0.5, 0.6) is 0 Å². The number of rotatable bonds is 4. The zero-order valence-electron chi connectivity index (χ0n) is 11.8. The largest absolute Gasteiger partial charge is 0.273 e. The average Bonchev–Trinajstić information content (AvgIpc) is 2.46. The fraction of sp³-hybridized carbons (Fsp3) is 0.333. The number of allylic oxidation sites excluding steroid dienone is 2. The number of nitro groups is 2. The Bertz CT molecular complexity index is 636. The van der Waals surface area contributed by atoms with Gasteiger partial charge in [0.15, 0.2) is 0 Å². The van der Waals surface area contributed by atoms with Gasteiger partial charge in [-0.05, 0) is 12.0 Å². The topological polar surface area (TPSA) is 86.3 Å². The molecule has 6 nitrogen and oxygen atoms in total. The molecule has 0 saturated carbocycles. The minimum atomic E-state index is -1.03. The Morgan fingerprint density at radius 1 is 1.14 bits per heavy atom. The molecule has 0 aromatic heterocycles. The monoisotopic (exact) mass is 288 g/mol. The Labute approximate surface area is 122 Å².